The minimum absolute atomic E-state index is 0.201. The molecule has 0 bridgehead atoms. The van der Waals surface area contributed by atoms with Gasteiger partial charge in [0.1, 0.15) is 0 Å². The monoisotopic (exact) mass is 268 g/mol. The highest BCUT2D eigenvalue weighted by Crippen LogP contribution is 2.17. The molecule has 6 nitrogen and oxygen atoms in total. The van der Waals surface area contributed by atoms with Gasteiger partial charge in [-0.05, 0) is 19.3 Å². The number of hydrogen-bond donors (Lipinski definition) is 1. The second kappa shape index (κ2) is 6.23. The normalized spacial score (nSPS) is 29.8. The van der Waals surface area contributed by atoms with Gasteiger partial charge in [0.25, 0.3) is 0 Å². The van der Waals surface area contributed by atoms with Gasteiger partial charge in [0.15, 0.2) is 5.96 Å². The summed E-state index contributed by atoms with van der Waals surface area (Å²) in [5.41, 5.74) is 6.01. The van der Waals surface area contributed by atoms with Crippen LogP contribution in [0.5, 0.6) is 0 Å². The van der Waals surface area contributed by atoms with E-state index >= 15 is 0 Å². The highest BCUT2D eigenvalue weighted by atomic mass is 16.5. The fraction of sp³-hybridized carbons (Fsp3) is 0.846. The summed E-state index contributed by atoms with van der Waals surface area (Å²) in [6.45, 7) is 5.80. The number of amides is 1. The zero-order chi connectivity index (χ0) is 13.8. The Kier molecular flexibility index (Phi) is 4.63. The molecule has 2 rings (SSSR count). The third-order valence-corrected chi connectivity index (χ3v) is 3.84. The molecule has 0 saturated carbocycles. The van der Waals surface area contributed by atoms with Crippen molar-refractivity contribution in [1.29, 1.82) is 0 Å². The van der Waals surface area contributed by atoms with Crippen molar-refractivity contribution in [1.82, 2.24) is 9.80 Å². The maximum atomic E-state index is 11.6. The number of nitrogens with two attached hydrogens (primary N) is 1. The summed E-state index contributed by atoms with van der Waals surface area (Å²) in [5, 5.41) is 0. The Bertz CT molecular complexity index is 359. The third-order valence-electron chi connectivity index (χ3n) is 3.84. The van der Waals surface area contributed by atoms with Gasteiger partial charge < -0.3 is 20.3 Å². The van der Waals surface area contributed by atoms with E-state index in [0.29, 0.717) is 31.4 Å². The predicted molar refractivity (Wildman–Crippen MR) is 73.8 cm³/mol. The Morgan fingerprint density at radius 3 is 3.00 bits per heavy atom. The number of ether oxygens (including phenoxy) is 1. The molecule has 0 aromatic carbocycles. The Morgan fingerprint density at radius 1 is 1.53 bits per heavy atom. The van der Waals surface area contributed by atoms with Crippen molar-refractivity contribution in [2.45, 2.75) is 25.9 Å². The van der Waals surface area contributed by atoms with Gasteiger partial charge >= 0.3 is 0 Å². The Hall–Kier alpha value is -1.30. The van der Waals surface area contributed by atoms with E-state index in [9.17, 15) is 4.79 Å². The zero-order valence-corrected chi connectivity index (χ0v) is 11.8. The second-order valence-electron chi connectivity index (χ2n) is 5.50. The molecule has 0 spiro atoms. The lowest BCUT2D eigenvalue weighted by atomic mass is 9.97. The first-order valence-corrected chi connectivity index (χ1v) is 6.96. The molecule has 0 aromatic heterocycles. The average Bonchev–Trinajstić information content (AvgIpc) is 2.40. The van der Waals surface area contributed by atoms with E-state index in [1.54, 1.807) is 4.90 Å². The number of carbonyl (C=O) groups excluding carboxylic acids is 1. The lowest BCUT2D eigenvalue weighted by Crippen LogP contribution is -2.48. The molecule has 2 heterocycles. The summed E-state index contributed by atoms with van der Waals surface area (Å²) < 4.78 is 5.48. The molecule has 2 unspecified atom stereocenters. The van der Waals surface area contributed by atoms with Crippen molar-refractivity contribution < 1.29 is 9.53 Å². The number of morpholine rings is 1. The molecule has 2 fully saturated rings. The summed E-state index contributed by atoms with van der Waals surface area (Å²) >= 11 is 0. The quantitative estimate of drug-likeness (QED) is 0.560. The number of carbonyl (C=O) groups is 1. The van der Waals surface area contributed by atoms with Gasteiger partial charge in [0.2, 0.25) is 5.91 Å². The molecule has 0 radical (unpaired) electrons. The standard InChI is InChI=1S/C13H24N4O2/c1-10-9-17(5-6-19-10)13(14)15-8-11-3-4-16(2)12(18)7-11/h10-11H,3-9H2,1-2H3,(H2,14,15). The Balaban J connectivity index is 1.82. The summed E-state index contributed by atoms with van der Waals surface area (Å²) in [5.74, 6) is 1.13. The number of guanidine groups is 1. The first-order valence-electron chi connectivity index (χ1n) is 6.96. The van der Waals surface area contributed by atoms with Gasteiger partial charge in [-0.25, -0.2) is 0 Å². The van der Waals surface area contributed by atoms with Crippen LogP contribution in [0, 0.1) is 5.92 Å². The maximum Gasteiger partial charge on any atom is 0.222 e. The maximum absolute atomic E-state index is 11.6. The molecule has 19 heavy (non-hydrogen) atoms. The number of nitrogens with zero attached hydrogens (tertiary/aromatic N) is 3. The zero-order valence-electron chi connectivity index (χ0n) is 11.8. The fourth-order valence-electron chi connectivity index (χ4n) is 2.51. The van der Waals surface area contributed by atoms with Crippen LogP contribution in [0.1, 0.15) is 19.8 Å². The Labute approximate surface area is 114 Å². The van der Waals surface area contributed by atoms with Crippen molar-refractivity contribution in [2.24, 2.45) is 16.6 Å². The van der Waals surface area contributed by atoms with Crippen LogP contribution in [0.3, 0.4) is 0 Å². The summed E-state index contributed by atoms with van der Waals surface area (Å²) in [6, 6.07) is 0. The minimum atomic E-state index is 0.201. The van der Waals surface area contributed by atoms with E-state index in [4.69, 9.17) is 10.5 Å². The number of aliphatic imine (C=N–C) groups is 1. The van der Waals surface area contributed by atoms with E-state index in [-0.39, 0.29) is 12.0 Å². The van der Waals surface area contributed by atoms with Gasteiger partial charge in [0.05, 0.1) is 12.7 Å². The van der Waals surface area contributed by atoms with Gasteiger partial charge in [-0.15, -0.1) is 0 Å². The van der Waals surface area contributed by atoms with E-state index in [0.717, 1.165) is 26.1 Å². The molecule has 2 aliphatic rings. The van der Waals surface area contributed by atoms with Crippen molar-refractivity contribution in [2.75, 3.05) is 39.8 Å². The topological polar surface area (TPSA) is 71.2 Å². The van der Waals surface area contributed by atoms with Gasteiger partial charge in [-0.3, -0.25) is 9.79 Å². The van der Waals surface area contributed by atoms with E-state index < -0.39 is 0 Å². The SMILES string of the molecule is CC1CN(C(N)=NCC2CCN(C)C(=O)C2)CCO1. The number of likely N-dealkylation sites (tertiary alicyclic amines) is 1. The van der Waals surface area contributed by atoms with Gasteiger partial charge in [0, 0.05) is 39.6 Å². The molecule has 2 atom stereocenters. The first-order chi connectivity index (χ1) is 9.06. The minimum Gasteiger partial charge on any atom is -0.375 e. The molecule has 6 heteroatoms. The highest BCUT2D eigenvalue weighted by Gasteiger charge is 2.23. The largest absolute Gasteiger partial charge is 0.375 e. The molecule has 1 amide bonds. The van der Waals surface area contributed by atoms with E-state index in [1.165, 1.54) is 0 Å². The predicted octanol–water partition coefficient (Wildman–Crippen LogP) is -0.110. The van der Waals surface area contributed by atoms with Gasteiger partial charge in [-0.2, -0.15) is 0 Å². The second-order valence-corrected chi connectivity index (χ2v) is 5.50. The molecule has 2 saturated heterocycles. The summed E-state index contributed by atoms with van der Waals surface area (Å²) in [7, 11) is 1.85. The van der Waals surface area contributed by atoms with Crippen LogP contribution in [-0.2, 0) is 9.53 Å². The van der Waals surface area contributed by atoms with Crippen LogP contribution in [0.2, 0.25) is 0 Å². The summed E-state index contributed by atoms with van der Waals surface area (Å²) in [4.78, 5) is 19.9. The van der Waals surface area contributed by atoms with Crippen LogP contribution in [0.4, 0.5) is 0 Å². The summed E-state index contributed by atoms with van der Waals surface area (Å²) in [6.07, 6.45) is 1.80. The van der Waals surface area contributed by atoms with E-state index in [2.05, 4.69) is 9.89 Å². The number of rotatable bonds is 2. The lowest BCUT2D eigenvalue weighted by Gasteiger charge is -2.32. The first kappa shape index (κ1) is 14.1. The molecule has 0 aromatic rings. The number of piperidine rings is 1. The molecule has 2 N–H and O–H groups in total. The van der Waals surface area contributed by atoms with Crippen molar-refractivity contribution in [3.8, 4) is 0 Å². The molecule has 108 valence electrons. The van der Waals surface area contributed by atoms with Crippen LogP contribution in [0.25, 0.3) is 0 Å². The third kappa shape index (κ3) is 3.83. The molecular weight excluding hydrogens is 244 g/mol. The van der Waals surface area contributed by atoms with Crippen LogP contribution < -0.4 is 5.73 Å². The smallest absolute Gasteiger partial charge is 0.222 e. The molecule has 0 aliphatic carbocycles. The molecular formula is C13H24N4O2. The van der Waals surface area contributed by atoms with Crippen molar-refractivity contribution in [3.05, 3.63) is 0 Å². The van der Waals surface area contributed by atoms with Crippen molar-refractivity contribution >= 4 is 11.9 Å². The van der Waals surface area contributed by atoms with E-state index in [1.807, 2.05) is 14.0 Å². The highest BCUT2D eigenvalue weighted by molar-refractivity contribution is 5.78. The Morgan fingerprint density at radius 2 is 2.32 bits per heavy atom. The average molecular weight is 268 g/mol. The molecule has 2 aliphatic heterocycles. The van der Waals surface area contributed by atoms with Crippen LogP contribution in [-0.4, -0.2) is 67.6 Å². The van der Waals surface area contributed by atoms with Crippen LogP contribution >= 0.6 is 0 Å². The van der Waals surface area contributed by atoms with Gasteiger partial charge in [-0.1, -0.05) is 0 Å². The fourth-order valence-corrected chi connectivity index (χ4v) is 2.51. The number of hydrogen-bond acceptors (Lipinski definition) is 3. The lowest BCUT2D eigenvalue weighted by molar-refractivity contribution is -0.133. The van der Waals surface area contributed by atoms with Crippen molar-refractivity contribution in [3.63, 3.8) is 0 Å². The van der Waals surface area contributed by atoms with Crippen LogP contribution in [0.15, 0.2) is 4.99 Å².